The number of hydrogen-bond acceptors (Lipinski definition) is 3. The average molecular weight is 249 g/mol. The van der Waals surface area contributed by atoms with Gasteiger partial charge in [0.25, 0.3) is 0 Å². The molecule has 0 atom stereocenters. The van der Waals surface area contributed by atoms with Gasteiger partial charge in [-0.15, -0.1) is 0 Å². The maximum atomic E-state index is 10.6. The van der Waals surface area contributed by atoms with E-state index < -0.39 is 5.97 Å². The highest BCUT2D eigenvalue weighted by Crippen LogP contribution is 2.31. The van der Waals surface area contributed by atoms with Crippen LogP contribution in [0.4, 0.5) is 0 Å². The molecule has 0 aliphatic heterocycles. The van der Waals surface area contributed by atoms with Crippen molar-refractivity contribution < 1.29 is 15.0 Å². The first kappa shape index (κ1) is 13.1. The van der Waals surface area contributed by atoms with Gasteiger partial charge in [-0.2, -0.15) is 0 Å². The molecular formula is C14H19NO3. The molecule has 3 N–H and O–H groups in total. The third-order valence-corrected chi connectivity index (χ3v) is 3.66. The SMILES string of the molecule is O=C(O)Cc1ccc(CNC2(CO)CCC2)cc1. The Kier molecular flexibility index (Phi) is 3.99. The van der Waals surface area contributed by atoms with E-state index in [4.69, 9.17) is 5.11 Å². The maximum absolute atomic E-state index is 10.6. The van der Waals surface area contributed by atoms with Crippen LogP contribution in [0.15, 0.2) is 24.3 Å². The molecule has 0 saturated heterocycles. The van der Waals surface area contributed by atoms with Crippen molar-refractivity contribution in [3.63, 3.8) is 0 Å². The first-order valence-electron chi connectivity index (χ1n) is 6.29. The van der Waals surface area contributed by atoms with Crippen molar-refractivity contribution >= 4 is 5.97 Å². The van der Waals surface area contributed by atoms with E-state index in [0.717, 1.165) is 24.0 Å². The Balaban J connectivity index is 1.88. The number of aliphatic hydroxyl groups excluding tert-OH is 1. The molecule has 0 aromatic heterocycles. The smallest absolute Gasteiger partial charge is 0.307 e. The summed E-state index contributed by atoms with van der Waals surface area (Å²) < 4.78 is 0. The van der Waals surface area contributed by atoms with Gasteiger partial charge < -0.3 is 15.5 Å². The van der Waals surface area contributed by atoms with E-state index in [1.165, 1.54) is 6.42 Å². The van der Waals surface area contributed by atoms with E-state index in [0.29, 0.717) is 6.54 Å². The fourth-order valence-electron chi connectivity index (χ4n) is 2.23. The number of nitrogens with one attached hydrogen (secondary N) is 1. The summed E-state index contributed by atoms with van der Waals surface area (Å²) in [5.41, 5.74) is 1.84. The summed E-state index contributed by atoms with van der Waals surface area (Å²) in [5, 5.41) is 21.4. The van der Waals surface area contributed by atoms with Crippen molar-refractivity contribution in [3.05, 3.63) is 35.4 Å². The predicted octanol–water partition coefficient (Wildman–Crippen LogP) is 1.32. The third-order valence-electron chi connectivity index (χ3n) is 3.66. The van der Waals surface area contributed by atoms with Crippen molar-refractivity contribution in [2.75, 3.05) is 6.61 Å². The lowest BCUT2D eigenvalue weighted by molar-refractivity contribution is -0.136. The second kappa shape index (κ2) is 5.50. The van der Waals surface area contributed by atoms with E-state index in [1.54, 1.807) is 0 Å². The Bertz CT molecular complexity index is 404. The van der Waals surface area contributed by atoms with Crippen LogP contribution in [0.1, 0.15) is 30.4 Å². The lowest BCUT2D eigenvalue weighted by Crippen LogP contribution is -2.53. The molecule has 1 fully saturated rings. The first-order chi connectivity index (χ1) is 8.63. The highest BCUT2D eigenvalue weighted by Gasteiger charge is 2.35. The van der Waals surface area contributed by atoms with Crippen LogP contribution in [0, 0.1) is 0 Å². The van der Waals surface area contributed by atoms with Gasteiger partial charge in [-0.05, 0) is 30.4 Å². The van der Waals surface area contributed by atoms with Crippen LogP contribution >= 0.6 is 0 Å². The standard InChI is InChI=1S/C14H19NO3/c16-10-14(6-1-7-14)15-9-12-4-2-11(3-5-12)8-13(17)18/h2-5,15-16H,1,6-10H2,(H,17,18). The Morgan fingerprint density at radius 2 is 1.83 bits per heavy atom. The Morgan fingerprint density at radius 1 is 1.22 bits per heavy atom. The van der Waals surface area contributed by atoms with Gasteiger partial charge in [-0.25, -0.2) is 0 Å². The second-order valence-electron chi connectivity index (χ2n) is 5.03. The van der Waals surface area contributed by atoms with Gasteiger partial charge >= 0.3 is 5.97 Å². The quantitative estimate of drug-likeness (QED) is 0.711. The zero-order chi connectivity index (χ0) is 13.0. The molecule has 0 heterocycles. The van der Waals surface area contributed by atoms with Crippen LogP contribution in [-0.4, -0.2) is 28.3 Å². The van der Waals surface area contributed by atoms with Gasteiger partial charge in [0.1, 0.15) is 0 Å². The van der Waals surface area contributed by atoms with Crippen LogP contribution in [0.25, 0.3) is 0 Å². The summed E-state index contributed by atoms with van der Waals surface area (Å²) in [6.07, 6.45) is 3.29. The monoisotopic (exact) mass is 249 g/mol. The number of carboxylic acid groups (broad SMARTS) is 1. The van der Waals surface area contributed by atoms with Crippen LogP contribution in [0.5, 0.6) is 0 Å². The topological polar surface area (TPSA) is 69.6 Å². The first-order valence-corrected chi connectivity index (χ1v) is 6.29. The minimum atomic E-state index is -0.811. The lowest BCUT2D eigenvalue weighted by Gasteiger charge is -2.41. The summed E-state index contributed by atoms with van der Waals surface area (Å²) in [6.45, 7) is 0.901. The summed E-state index contributed by atoms with van der Waals surface area (Å²) in [7, 11) is 0. The summed E-state index contributed by atoms with van der Waals surface area (Å²) in [4.78, 5) is 10.6. The molecule has 18 heavy (non-hydrogen) atoms. The summed E-state index contributed by atoms with van der Waals surface area (Å²) >= 11 is 0. The van der Waals surface area contributed by atoms with Crippen molar-refractivity contribution in [1.29, 1.82) is 0 Å². The van der Waals surface area contributed by atoms with Crippen LogP contribution < -0.4 is 5.32 Å². The number of hydrogen-bond donors (Lipinski definition) is 3. The molecule has 0 radical (unpaired) electrons. The minimum Gasteiger partial charge on any atom is -0.481 e. The molecule has 0 unspecified atom stereocenters. The normalized spacial score (nSPS) is 17.2. The average Bonchev–Trinajstić information content (AvgIpc) is 2.30. The largest absolute Gasteiger partial charge is 0.481 e. The molecule has 1 saturated carbocycles. The van der Waals surface area contributed by atoms with Crippen molar-refractivity contribution in [2.45, 2.75) is 37.8 Å². The molecular weight excluding hydrogens is 230 g/mol. The van der Waals surface area contributed by atoms with Gasteiger partial charge in [0, 0.05) is 12.1 Å². The highest BCUT2D eigenvalue weighted by molar-refractivity contribution is 5.70. The van der Waals surface area contributed by atoms with Crippen molar-refractivity contribution in [3.8, 4) is 0 Å². The molecule has 1 aromatic rings. The predicted molar refractivity (Wildman–Crippen MR) is 68.3 cm³/mol. The molecule has 98 valence electrons. The second-order valence-corrected chi connectivity index (χ2v) is 5.03. The van der Waals surface area contributed by atoms with Crippen LogP contribution in [-0.2, 0) is 17.8 Å². The number of aliphatic hydroxyl groups is 1. The molecule has 1 aliphatic carbocycles. The van der Waals surface area contributed by atoms with Gasteiger partial charge in [-0.1, -0.05) is 24.3 Å². The number of carbonyl (C=O) groups is 1. The van der Waals surface area contributed by atoms with E-state index in [1.807, 2.05) is 24.3 Å². The van der Waals surface area contributed by atoms with Crippen LogP contribution in [0.3, 0.4) is 0 Å². The lowest BCUT2D eigenvalue weighted by atomic mass is 9.77. The van der Waals surface area contributed by atoms with Gasteiger partial charge in [0.15, 0.2) is 0 Å². The Labute approximate surface area is 107 Å². The zero-order valence-electron chi connectivity index (χ0n) is 10.4. The minimum absolute atomic E-state index is 0.0638. The maximum Gasteiger partial charge on any atom is 0.307 e. The van der Waals surface area contributed by atoms with E-state index in [-0.39, 0.29) is 18.6 Å². The number of aliphatic carboxylic acids is 1. The van der Waals surface area contributed by atoms with Gasteiger partial charge in [0.05, 0.1) is 13.0 Å². The number of rotatable bonds is 6. The highest BCUT2D eigenvalue weighted by atomic mass is 16.4. The van der Waals surface area contributed by atoms with Crippen molar-refractivity contribution in [2.24, 2.45) is 0 Å². The van der Waals surface area contributed by atoms with Crippen LogP contribution in [0.2, 0.25) is 0 Å². The molecule has 4 heteroatoms. The molecule has 2 rings (SSSR count). The van der Waals surface area contributed by atoms with Crippen molar-refractivity contribution in [1.82, 2.24) is 5.32 Å². The molecule has 0 amide bonds. The Hall–Kier alpha value is -1.39. The third kappa shape index (κ3) is 3.09. The molecule has 0 bridgehead atoms. The molecule has 4 nitrogen and oxygen atoms in total. The fraction of sp³-hybridized carbons (Fsp3) is 0.500. The molecule has 1 aliphatic rings. The fourth-order valence-corrected chi connectivity index (χ4v) is 2.23. The molecule has 1 aromatic carbocycles. The number of benzene rings is 1. The van der Waals surface area contributed by atoms with Gasteiger partial charge in [0.2, 0.25) is 0 Å². The number of carboxylic acids is 1. The van der Waals surface area contributed by atoms with E-state index in [2.05, 4.69) is 5.32 Å². The zero-order valence-corrected chi connectivity index (χ0v) is 10.4. The summed E-state index contributed by atoms with van der Waals surface area (Å²) in [6, 6.07) is 7.57. The molecule has 0 spiro atoms. The Morgan fingerprint density at radius 3 is 2.28 bits per heavy atom. The van der Waals surface area contributed by atoms with Gasteiger partial charge in [-0.3, -0.25) is 4.79 Å². The van der Waals surface area contributed by atoms with E-state index >= 15 is 0 Å². The summed E-state index contributed by atoms with van der Waals surface area (Å²) in [5.74, 6) is -0.811. The van der Waals surface area contributed by atoms with E-state index in [9.17, 15) is 9.90 Å².